The van der Waals surface area contributed by atoms with Crippen LogP contribution in [0.1, 0.15) is 31.8 Å². The summed E-state index contributed by atoms with van der Waals surface area (Å²) in [5.41, 5.74) is 0. The van der Waals surface area contributed by atoms with Gasteiger partial charge in [0.25, 0.3) is 0 Å². The molecule has 20 heavy (non-hydrogen) atoms. The van der Waals surface area contributed by atoms with Crippen molar-refractivity contribution in [3.05, 3.63) is 17.6 Å². The molecule has 1 rings (SSSR count). The van der Waals surface area contributed by atoms with Crippen molar-refractivity contribution in [3.8, 4) is 0 Å². The predicted molar refractivity (Wildman–Crippen MR) is 83.6 cm³/mol. The smallest absolute Gasteiger partial charge is 0.244 e. The third kappa shape index (κ3) is 4.80. The van der Waals surface area contributed by atoms with E-state index >= 15 is 0 Å². The van der Waals surface area contributed by atoms with E-state index in [0.717, 1.165) is 18.7 Å². The maximum absolute atomic E-state index is 12.4. The van der Waals surface area contributed by atoms with Gasteiger partial charge in [-0.15, -0.1) is 0 Å². The molecule has 1 atom stereocenters. The maximum Gasteiger partial charge on any atom is 0.244 e. The first-order valence-corrected chi connectivity index (χ1v) is 9.63. The SMILES string of the molecule is CCNCc1cc(S(=O)(=O)NC(CC)CSC)c(C)o1. The normalized spacial score (nSPS) is 13.6. The Labute approximate surface area is 125 Å². The molecule has 0 bridgehead atoms. The van der Waals surface area contributed by atoms with Crippen molar-refractivity contribution in [2.45, 2.75) is 44.7 Å². The zero-order valence-corrected chi connectivity index (χ0v) is 14.2. The average molecular weight is 320 g/mol. The molecule has 0 aromatic carbocycles. The van der Waals surface area contributed by atoms with E-state index in [-0.39, 0.29) is 10.9 Å². The summed E-state index contributed by atoms with van der Waals surface area (Å²) in [6.07, 6.45) is 2.73. The van der Waals surface area contributed by atoms with Gasteiger partial charge >= 0.3 is 0 Å². The fraction of sp³-hybridized carbons (Fsp3) is 0.692. The van der Waals surface area contributed by atoms with Gasteiger partial charge in [0.2, 0.25) is 10.0 Å². The Bertz CT molecular complexity index is 512. The predicted octanol–water partition coefficient (Wildman–Crippen LogP) is 2.12. The molecule has 1 aromatic rings. The van der Waals surface area contributed by atoms with E-state index in [2.05, 4.69) is 10.0 Å². The molecule has 1 aromatic heterocycles. The molecule has 7 heteroatoms. The van der Waals surface area contributed by atoms with Crippen molar-refractivity contribution in [2.24, 2.45) is 0 Å². The first-order chi connectivity index (χ1) is 9.44. The fourth-order valence-electron chi connectivity index (χ4n) is 1.85. The highest BCUT2D eigenvalue weighted by Crippen LogP contribution is 2.20. The fourth-order valence-corrected chi connectivity index (χ4v) is 4.20. The van der Waals surface area contributed by atoms with Crippen molar-refractivity contribution < 1.29 is 12.8 Å². The number of nitrogens with one attached hydrogen (secondary N) is 2. The number of furan rings is 1. The second kappa shape index (κ2) is 8.07. The topological polar surface area (TPSA) is 71.3 Å². The Morgan fingerprint density at radius 2 is 2.10 bits per heavy atom. The molecule has 0 aliphatic carbocycles. The van der Waals surface area contributed by atoms with Crippen molar-refractivity contribution in [2.75, 3.05) is 18.6 Å². The summed E-state index contributed by atoms with van der Waals surface area (Å²) >= 11 is 1.63. The van der Waals surface area contributed by atoms with Crippen molar-refractivity contribution in [3.63, 3.8) is 0 Å². The molecule has 0 spiro atoms. The van der Waals surface area contributed by atoms with Gasteiger partial charge in [-0.1, -0.05) is 13.8 Å². The zero-order chi connectivity index (χ0) is 15.2. The molecule has 0 saturated heterocycles. The van der Waals surface area contributed by atoms with Crippen LogP contribution in [0.5, 0.6) is 0 Å². The lowest BCUT2D eigenvalue weighted by atomic mass is 10.3. The van der Waals surface area contributed by atoms with E-state index in [1.807, 2.05) is 20.1 Å². The lowest BCUT2D eigenvalue weighted by Gasteiger charge is -2.15. The van der Waals surface area contributed by atoms with Crippen molar-refractivity contribution in [1.82, 2.24) is 10.0 Å². The molecular weight excluding hydrogens is 296 g/mol. The summed E-state index contributed by atoms with van der Waals surface area (Å²) in [5.74, 6) is 1.84. The Hall–Kier alpha value is -0.500. The minimum Gasteiger partial charge on any atom is -0.464 e. The lowest BCUT2D eigenvalue weighted by Crippen LogP contribution is -2.36. The minimum absolute atomic E-state index is 0.0542. The van der Waals surface area contributed by atoms with E-state index in [9.17, 15) is 8.42 Å². The zero-order valence-electron chi connectivity index (χ0n) is 12.5. The molecule has 2 N–H and O–H groups in total. The van der Waals surface area contributed by atoms with Gasteiger partial charge in [0.15, 0.2) is 0 Å². The molecule has 116 valence electrons. The number of hydrogen-bond donors (Lipinski definition) is 2. The van der Waals surface area contributed by atoms with Gasteiger partial charge < -0.3 is 9.73 Å². The van der Waals surface area contributed by atoms with Crippen molar-refractivity contribution >= 4 is 21.8 Å². The third-order valence-electron chi connectivity index (χ3n) is 2.94. The van der Waals surface area contributed by atoms with Gasteiger partial charge in [0, 0.05) is 17.9 Å². The van der Waals surface area contributed by atoms with Crippen LogP contribution in [0.2, 0.25) is 0 Å². The van der Waals surface area contributed by atoms with Crippen LogP contribution < -0.4 is 10.0 Å². The standard InChI is InChI=1S/C13H24N2O3S2/c1-5-11(9-19-4)15-20(16,17)13-7-12(8-14-6-2)18-10(13)3/h7,11,14-15H,5-6,8-9H2,1-4H3. The lowest BCUT2D eigenvalue weighted by molar-refractivity contribution is 0.460. The van der Waals surface area contributed by atoms with Crippen LogP contribution in [-0.2, 0) is 16.6 Å². The minimum atomic E-state index is -3.51. The molecule has 5 nitrogen and oxygen atoms in total. The average Bonchev–Trinajstić information content (AvgIpc) is 2.77. The second-order valence-corrected chi connectivity index (χ2v) is 7.19. The Morgan fingerprint density at radius 1 is 1.40 bits per heavy atom. The number of thioether (sulfide) groups is 1. The highest BCUT2D eigenvalue weighted by molar-refractivity contribution is 7.98. The summed E-state index contributed by atoms with van der Waals surface area (Å²) in [4.78, 5) is 0.241. The van der Waals surface area contributed by atoms with Crippen molar-refractivity contribution in [1.29, 1.82) is 0 Å². The largest absolute Gasteiger partial charge is 0.464 e. The summed E-state index contributed by atoms with van der Waals surface area (Å²) < 4.78 is 33.0. The van der Waals surface area contributed by atoms with Crippen LogP contribution in [0, 0.1) is 6.92 Å². The van der Waals surface area contributed by atoms with Crippen LogP contribution in [0.25, 0.3) is 0 Å². The van der Waals surface area contributed by atoms with Crippen LogP contribution in [0.15, 0.2) is 15.4 Å². The van der Waals surface area contributed by atoms with Crippen LogP contribution in [-0.4, -0.2) is 33.0 Å². The van der Waals surface area contributed by atoms with Crippen LogP contribution >= 0.6 is 11.8 Å². The number of rotatable bonds is 9. The van der Waals surface area contributed by atoms with Gasteiger partial charge in [-0.25, -0.2) is 13.1 Å². The summed E-state index contributed by atoms with van der Waals surface area (Å²) in [6, 6.07) is 1.55. The monoisotopic (exact) mass is 320 g/mol. The quantitative estimate of drug-likeness (QED) is 0.729. The summed E-state index contributed by atoms with van der Waals surface area (Å²) in [7, 11) is -3.51. The third-order valence-corrected chi connectivity index (χ3v) is 5.31. The van der Waals surface area contributed by atoms with E-state index in [1.54, 1.807) is 24.8 Å². The molecule has 0 radical (unpaired) electrons. The molecule has 0 aliphatic heterocycles. The van der Waals surface area contributed by atoms with E-state index in [1.165, 1.54) is 0 Å². The molecular formula is C13H24N2O3S2. The second-order valence-electron chi connectivity index (χ2n) is 4.60. The van der Waals surface area contributed by atoms with Crippen LogP contribution in [0.4, 0.5) is 0 Å². The Morgan fingerprint density at radius 3 is 2.65 bits per heavy atom. The van der Waals surface area contributed by atoms with Gasteiger partial charge in [-0.05, 0) is 26.1 Å². The first kappa shape index (κ1) is 17.6. The van der Waals surface area contributed by atoms with Gasteiger partial charge in [-0.3, -0.25) is 0 Å². The summed E-state index contributed by atoms with van der Waals surface area (Å²) in [5, 5.41) is 3.12. The highest BCUT2D eigenvalue weighted by atomic mass is 32.2. The first-order valence-electron chi connectivity index (χ1n) is 6.75. The van der Waals surface area contributed by atoms with Gasteiger partial charge in [0.1, 0.15) is 16.4 Å². The molecule has 0 aliphatic rings. The Balaban J connectivity index is 2.88. The van der Waals surface area contributed by atoms with Gasteiger partial charge in [0.05, 0.1) is 6.54 Å². The maximum atomic E-state index is 12.4. The number of sulfonamides is 1. The molecule has 1 unspecified atom stereocenters. The van der Waals surface area contributed by atoms with E-state index < -0.39 is 10.0 Å². The molecule has 0 saturated carbocycles. The number of hydrogen-bond acceptors (Lipinski definition) is 5. The molecule has 0 fully saturated rings. The highest BCUT2D eigenvalue weighted by Gasteiger charge is 2.24. The van der Waals surface area contributed by atoms with Gasteiger partial charge in [-0.2, -0.15) is 11.8 Å². The van der Waals surface area contributed by atoms with Crippen LogP contribution in [0.3, 0.4) is 0 Å². The van der Waals surface area contributed by atoms with E-state index in [0.29, 0.717) is 18.1 Å². The molecule has 0 amide bonds. The summed E-state index contributed by atoms with van der Waals surface area (Å²) in [6.45, 7) is 6.99. The van der Waals surface area contributed by atoms with E-state index in [4.69, 9.17) is 4.42 Å². The Kier molecular flexibility index (Phi) is 7.08. The molecule has 1 heterocycles. The number of aryl methyl sites for hydroxylation is 1.